The van der Waals surface area contributed by atoms with Crippen molar-refractivity contribution in [3.8, 4) is 0 Å². The third-order valence-electron chi connectivity index (χ3n) is 4.49. The molecule has 1 heterocycles. The lowest BCUT2D eigenvalue weighted by atomic mass is 10.1. The zero-order chi connectivity index (χ0) is 12.4. The molecular formula is C16H34BrN. The number of rotatable bonds is 8. The fourth-order valence-corrected chi connectivity index (χ4v) is 3.31. The van der Waals surface area contributed by atoms with Crippen molar-refractivity contribution in [3.05, 3.63) is 0 Å². The summed E-state index contributed by atoms with van der Waals surface area (Å²) in [6.45, 7) is 10.5. The van der Waals surface area contributed by atoms with Crippen LogP contribution in [-0.4, -0.2) is 30.7 Å². The highest BCUT2D eigenvalue weighted by Gasteiger charge is 2.27. The second kappa shape index (κ2) is 11.3. The van der Waals surface area contributed by atoms with Crippen molar-refractivity contribution in [2.45, 2.75) is 78.1 Å². The van der Waals surface area contributed by atoms with Gasteiger partial charge >= 0.3 is 0 Å². The molecule has 1 aliphatic rings. The molecule has 1 saturated heterocycles. The first kappa shape index (κ1) is 18.4. The summed E-state index contributed by atoms with van der Waals surface area (Å²) in [6, 6.07) is 0. The van der Waals surface area contributed by atoms with Gasteiger partial charge in [0.1, 0.15) is 0 Å². The molecule has 1 aliphatic heterocycles. The van der Waals surface area contributed by atoms with Gasteiger partial charge in [-0.15, -0.1) is 0 Å². The molecule has 1 fully saturated rings. The Morgan fingerprint density at radius 2 is 1.11 bits per heavy atom. The minimum absolute atomic E-state index is 0. The molecule has 0 unspecified atom stereocenters. The quantitative estimate of drug-likeness (QED) is 0.472. The van der Waals surface area contributed by atoms with Crippen LogP contribution in [0.2, 0.25) is 0 Å². The summed E-state index contributed by atoms with van der Waals surface area (Å²) in [7, 11) is 0. The molecule has 0 aromatic heterocycles. The van der Waals surface area contributed by atoms with Gasteiger partial charge in [-0.25, -0.2) is 0 Å². The molecule has 1 nitrogen and oxygen atoms in total. The highest BCUT2D eigenvalue weighted by atomic mass is 79.9. The number of hydrogen-bond acceptors (Lipinski definition) is 0. The summed E-state index contributed by atoms with van der Waals surface area (Å²) in [5.41, 5.74) is 0. The topological polar surface area (TPSA) is 0 Å². The third-order valence-corrected chi connectivity index (χ3v) is 4.49. The molecule has 0 bridgehead atoms. The van der Waals surface area contributed by atoms with E-state index in [1.54, 1.807) is 0 Å². The van der Waals surface area contributed by atoms with E-state index in [9.17, 15) is 0 Å². The van der Waals surface area contributed by atoms with Crippen LogP contribution in [-0.2, 0) is 0 Å². The Hall–Kier alpha value is 0.440. The standard InChI is InChI=1S/C16H34N.BrH/c1-3-5-9-13-17(14-10-6-4-2)15-11-7-8-12-16-17;/h3-16H2,1-2H3;1H/q+1;/p-1. The normalized spacial score (nSPS) is 19.0. The first-order valence-electron chi connectivity index (χ1n) is 8.18. The van der Waals surface area contributed by atoms with E-state index in [0.717, 1.165) is 0 Å². The molecule has 0 spiro atoms. The molecule has 1 rings (SSSR count). The predicted octanol–water partition coefficient (Wildman–Crippen LogP) is 1.76. The molecule has 110 valence electrons. The van der Waals surface area contributed by atoms with Crippen molar-refractivity contribution < 1.29 is 21.5 Å². The van der Waals surface area contributed by atoms with Crippen LogP contribution < -0.4 is 17.0 Å². The van der Waals surface area contributed by atoms with Crippen LogP contribution in [0, 0.1) is 0 Å². The van der Waals surface area contributed by atoms with Crippen molar-refractivity contribution in [3.63, 3.8) is 0 Å². The molecule has 0 aliphatic carbocycles. The van der Waals surface area contributed by atoms with Gasteiger partial charge in [-0.2, -0.15) is 0 Å². The van der Waals surface area contributed by atoms with Crippen LogP contribution in [0.4, 0.5) is 0 Å². The van der Waals surface area contributed by atoms with Crippen LogP contribution in [0.1, 0.15) is 78.1 Å². The van der Waals surface area contributed by atoms with Crippen molar-refractivity contribution in [2.24, 2.45) is 0 Å². The minimum atomic E-state index is 0. The highest BCUT2D eigenvalue weighted by molar-refractivity contribution is 4.55. The zero-order valence-corrected chi connectivity index (χ0v) is 14.3. The van der Waals surface area contributed by atoms with E-state index in [4.69, 9.17) is 0 Å². The fraction of sp³-hybridized carbons (Fsp3) is 1.00. The van der Waals surface area contributed by atoms with Crippen LogP contribution in [0.3, 0.4) is 0 Å². The Balaban J connectivity index is 0.00000289. The monoisotopic (exact) mass is 319 g/mol. The Labute approximate surface area is 126 Å². The van der Waals surface area contributed by atoms with E-state index in [1.807, 2.05) is 0 Å². The third kappa shape index (κ3) is 7.13. The molecule has 0 N–H and O–H groups in total. The van der Waals surface area contributed by atoms with Crippen LogP contribution in [0.15, 0.2) is 0 Å². The summed E-state index contributed by atoms with van der Waals surface area (Å²) in [5, 5.41) is 0. The van der Waals surface area contributed by atoms with Gasteiger partial charge in [-0.1, -0.05) is 26.7 Å². The van der Waals surface area contributed by atoms with E-state index >= 15 is 0 Å². The Kier molecular flexibility index (Phi) is 11.6. The second-order valence-corrected chi connectivity index (χ2v) is 6.06. The second-order valence-electron chi connectivity index (χ2n) is 6.06. The smallest absolute Gasteiger partial charge is 0.0786 e. The summed E-state index contributed by atoms with van der Waals surface area (Å²) in [5.74, 6) is 0. The number of halogens is 1. The van der Waals surface area contributed by atoms with Crippen LogP contribution in [0.25, 0.3) is 0 Å². The molecule has 0 aromatic rings. The average molecular weight is 320 g/mol. The SMILES string of the molecule is CCCCC[N+]1(CCCCC)CCCCCC1.[Br-]. The molecule has 2 heteroatoms. The van der Waals surface area contributed by atoms with Crippen LogP contribution >= 0.6 is 0 Å². The summed E-state index contributed by atoms with van der Waals surface area (Å²) < 4.78 is 1.47. The lowest BCUT2D eigenvalue weighted by Gasteiger charge is -2.38. The lowest BCUT2D eigenvalue weighted by Crippen LogP contribution is -3.00. The molecule has 0 amide bonds. The van der Waals surface area contributed by atoms with Crippen molar-refractivity contribution in [2.75, 3.05) is 26.2 Å². The highest BCUT2D eigenvalue weighted by Crippen LogP contribution is 2.21. The van der Waals surface area contributed by atoms with E-state index in [0.29, 0.717) is 0 Å². The Morgan fingerprint density at radius 3 is 1.50 bits per heavy atom. The van der Waals surface area contributed by atoms with Gasteiger partial charge in [0.2, 0.25) is 0 Å². The van der Waals surface area contributed by atoms with E-state index in [2.05, 4.69) is 13.8 Å². The maximum atomic E-state index is 2.32. The average Bonchev–Trinajstić information content (AvgIpc) is 2.56. The number of unbranched alkanes of at least 4 members (excludes halogenated alkanes) is 4. The molecule has 0 atom stereocenters. The van der Waals surface area contributed by atoms with Gasteiger partial charge in [0.05, 0.1) is 26.2 Å². The fourth-order valence-electron chi connectivity index (χ4n) is 3.31. The van der Waals surface area contributed by atoms with Gasteiger partial charge in [0.15, 0.2) is 0 Å². The molecule has 0 saturated carbocycles. The molecular weight excluding hydrogens is 286 g/mol. The molecule has 0 radical (unpaired) electrons. The first-order chi connectivity index (χ1) is 8.33. The Bertz CT molecular complexity index is 162. The summed E-state index contributed by atoms with van der Waals surface area (Å²) in [4.78, 5) is 0. The number of hydrogen-bond donors (Lipinski definition) is 0. The number of quaternary nitrogens is 1. The van der Waals surface area contributed by atoms with E-state index in [-0.39, 0.29) is 17.0 Å². The summed E-state index contributed by atoms with van der Waals surface area (Å²) >= 11 is 0. The molecule has 0 aromatic carbocycles. The maximum Gasteiger partial charge on any atom is 0.0786 e. The zero-order valence-electron chi connectivity index (χ0n) is 12.7. The van der Waals surface area contributed by atoms with Gasteiger partial charge in [0.25, 0.3) is 0 Å². The van der Waals surface area contributed by atoms with E-state index < -0.39 is 0 Å². The lowest BCUT2D eigenvalue weighted by molar-refractivity contribution is -0.928. The van der Waals surface area contributed by atoms with Crippen molar-refractivity contribution in [1.82, 2.24) is 0 Å². The predicted molar refractivity (Wildman–Crippen MR) is 77.2 cm³/mol. The minimum Gasteiger partial charge on any atom is -1.00 e. The van der Waals surface area contributed by atoms with Gasteiger partial charge in [0, 0.05) is 0 Å². The number of likely N-dealkylation sites (tertiary alicyclic amines) is 1. The van der Waals surface area contributed by atoms with Crippen LogP contribution in [0.5, 0.6) is 0 Å². The van der Waals surface area contributed by atoms with Gasteiger partial charge in [-0.3, -0.25) is 0 Å². The summed E-state index contributed by atoms with van der Waals surface area (Å²) in [6.07, 6.45) is 14.5. The van der Waals surface area contributed by atoms with Crippen molar-refractivity contribution in [1.29, 1.82) is 0 Å². The maximum absolute atomic E-state index is 2.32. The first-order valence-corrected chi connectivity index (χ1v) is 8.18. The number of nitrogens with zero attached hydrogens (tertiary/aromatic N) is 1. The largest absolute Gasteiger partial charge is 1.00 e. The van der Waals surface area contributed by atoms with E-state index in [1.165, 1.54) is 94.9 Å². The van der Waals surface area contributed by atoms with Gasteiger partial charge in [-0.05, 0) is 51.4 Å². The van der Waals surface area contributed by atoms with Crippen molar-refractivity contribution >= 4 is 0 Å². The van der Waals surface area contributed by atoms with Gasteiger partial charge < -0.3 is 21.5 Å². The Morgan fingerprint density at radius 1 is 0.667 bits per heavy atom. The molecule has 18 heavy (non-hydrogen) atoms.